The van der Waals surface area contributed by atoms with Crippen molar-refractivity contribution in [1.29, 1.82) is 0 Å². The van der Waals surface area contributed by atoms with Gasteiger partial charge in [-0.15, -0.1) is 0 Å². The summed E-state index contributed by atoms with van der Waals surface area (Å²) in [5.41, 5.74) is 0.454. The molecule has 0 fully saturated rings. The molecule has 0 unspecified atom stereocenters. The Morgan fingerprint density at radius 1 is 1.32 bits per heavy atom. The number of benzene rings is 1. The molecule has 0 saturated carbocycles. The van der Waals surface area contributed by atoms with E-state index in [4.69, 9.17) is 14.2 Å². The van der Waals surface area contributed by atoms with Crippen LogP contribution in [0.4, 0.5) is 0 Å². The van der Waals surface area contributed by atoms with E-state index in [1.54, 1.807) is 19.2 Å². The highest BCUT2D eigenvalue weighted by atomic mass is 16.5. The number of carbonyl (C=O) groups excluding carboxylic acids is 2. The number of aldehydes is 1. The number of hydrogen-bond acceptors (Lipinski definition) is 5. The van der Waals surface area contributed by atoms with Gasteiger partial charge in [0.05, 0.1) is 13.7 Å². The van der Waals surface area contributed by atoms with Crippen LogP contribution < -0.4 is 14.8 Å². The highest BCUT2D eigenvalue weighted by Crippen LogP contribution is 2.27. The molecule has 0 aliphatic carbocycles. The lowest BCUT2D eigenvalue weighted by atomic mass is 10.2. The first-order chi connectivity index (χ1) is 9.21. The van der Waals surface area contributed by atoms with Crippen molar-refractivity contribution in [2.24, 2.45) is 0 Å². The van der Waals surface area contributed by atoms with Crippen molar-refractivity contribution in [2.45, 2.75) is 0 Å². The number of methoxy groups -OCH3 is 2. The van der Waals surface area contributed by atoms with Crippen LogP contribution in [0.1, 0.15) is 10.4 Å². The molecule has 19 heavy (non-hydrogen) atoms. The van der Waals surface area contributed by atoms with Gasteiger partial charge in [0, 0.05) is 19.2 Å². The third-order valence-corrected chi connectivity index (χ3v) is 2.31. The van der Waals surface area contributed by atoms with Crippen LogP contribution >= 0.6 is 0 Å². The van der Waals surface area contributed by atoms with Crippen molar-refractivity contribution < 1.29 is 23.8 Å². The highest BCUT2D eigenvalue weighted by molar-refractivity contribution is 5.78. The van der Waals surface area contributed by atoms with Gasteiger partial charge in [0.1, 0.15) is 6.29 Å². The molecule has 0 saturated heterocycles. The van der Waals surface area contributed by atoms with Crippen molar-refractivity contribution in [3.05, 3.63) is 23.8 Å². The second kappa shape index (κ2) is 8.10. The molecule has 0 aromatic heterocycles. The first-order valence-corrected chi connectivity index (χ1v) is 5.73. The van der Waals surface area contributed by atoms with Crippen LogP contribution in [0.5, 0.6) is 11.5 Å². The Kier molecular flexibility index (Phi) is 6.38. The quantitative estimate of drug-likeness (QED) is 0.553. The van der Waals surface area contributed by atoms with E-state index in [-0.39, 0.29) is 12.5 Å². The summed E-state index contributed by atoms with van der Waals surface area (Å²) in [4.78, 5) is 22.1. The molecule has 0 radical (unpaired) electrons. The monoisotopic (exact) mass is 267 g/mol. The van der Waals surface area contributed by atoms with E-state index >= 15 is 0 Å². The molecular formula is C13H17NO5. The van der Waals surface area contributed by atoms with E-state index in [1.165, 1.54) is 13.2 Å². The summed E-state index contributed by atoms with van der Waals surface area (Å²) in [5, 5.41) is 2.62. The molecule has 0 bridgehead atoms. The van der Waals surface area contributed by atoms with E-state index in [1.807, 2.05) is 0 Å². The van der Waals surface area contributed by atoms with E-state index in [0.717, 1.165) is 0 Å². The molecule has 1 N–H and O–H groups in total. The Labute approximate surface area is 111 Å². The summed E-state index contributed by atoms with van der Waals surface area (Å²) in [7, 11) is 3.04. The third-order valence-electron chi connectivity index (χ3n) is 2.31. The Morgan fingerprint density at radius 3 is 2.74 bits per heavy atom. The van der Waals surface area contributed by atoms with Gasteiger partial charge in [-0.1, -0.05) is 0 Å². The number of amides is 1. The molecule has 1 rings (SSSR count). The van der Waals surface area contributed by atoms with Crippen LogP contribution in [0.25, 0.3) is 0 Å². The summed E-state index contributed by atoms with van der Waals surface area (Å²) in [6.07, 6.45) is 0.699. The molecular weight excluding hydrogens is 250 g/mol. The molecule has 6 nitrogen and oxygen atoms in total. The zero-order valence-corrected chi connectivity index (χ0v) is 11.0. The second-order valence-electron chi connectivity index (χ2n) is 3.66. The maximum atomic E-state index is 11.4. The molecule has 0 atom stereocenters. The Hall–Kier alpha value is -2.08. The zero-order valence-electron chi connectivity index (χ0n) is 11.0. The van der Waals surface area contributed by atoms with Crippen molar-refractivity contribution in [1.82, 2.24) is 5.32 Å². The standard InChI is InChI=1S/C13H17NO5/c1-17-6-5-14-13(16)9-19-12-7-10(8-15)3-4-11(12)18-2/h3-4,7-8H,5-6,9H2,1-2H3,(H,14,16). The van der Waals surface area contributed by atoms with Crippen LogP contribution in [0.15, 0.2) is 18.2 Å². The van der Waals surface area contributed by atoms with Gasteiger partial charge < -0.3 is 19.5 Å². The summed E-state index contributed by atoms with van der Waals surface area (Å²) in [5.74, 6) is 0.555. The topological polar surface area (TPSA) is 73.9 Å². The third kappa shape index (κ3) is 4.97. The smallest absolute Gasteiger partial charge is 0.258 e. The SMILES string of the molecule is COCCNC(=O)COc1cc(C=O)ccc1OC. The minimum absolute atomic E-state index is 0.150. The van der Waals surface area contributed by atoms with Crippen LogP contribution in [-0.2, 0) is 9.53 Å². The number of ether oxygens (including phenoxy) is 3. The first kappa shape index (κ1) is 15.0. The van der Waals surface area contributed by atoms with Crippen molar-refractivity contribution in [2.75, 3.05) is 34.0 Å². The van der Waals surface area contributed by atoms with Gasteiger partial charge in [-0.3, -0.25) is 9.59 Å². The summed E-state index contributed by atoms with van der Waals surface area (Å²) >= 11 is 0. The summed E-state index contributed by atoms with van der Waals surface area (Å²) in [6.45, 7) is 0.711. The molecule has 0 aliphatic rings. The van der Waals surface area contributed by atoms with Gasteiger partial charge in [0.2, 0.25) is 0 Å². The van der Waals surface area contributed by atoms with Crippen molar-refractivity contribution >= 4 is 12.2 Å². The lowest BCUT2D eigenvalue weighted by Crippen LogP contribution is -2.31. The summed E-state index contributed by atoms with van der Waals surface area (Å²) in [6, 6.07) is 4.74. The van der Waals surface area contributed by atoms with Gasteiger partial charge in [0.25, 0.3) is 5.91 Å². The molecule has 1 amide bonds. The zero-order chi connectivity index (χ0) is 14.1. The lowest BCUT2D eigenvalue weighted by Gasteiger charge is -2.11. The minimum Gasteiger partial charge on any atom is -0.493 e. The normalized spacial score (nSPS) is 9.79. The van der Waals surface area contributed by atoms with Crippen LogP contribution in [0.3, 0.4) is 0 Å². The number of rotatable bonds is 8. The summed E-state index contributed by atoms with van der Waals surface area (Å²) < 4.78 is 15.2. The van der Waals surface area contributed by atoms with Crippen LogP contribution in [0, 0.1) is 0 Å². The largest absolute Gasteiger partial charge is 0.493 e. The number of carbonyl (C=O) groups is 2. The molecule has 6 heteroatoms. The fraction of sp³-hybridized carbons (Fsp3) is 0.385. The van der Waals surface area contributed by atoms with Gasteiger partial charge in [-0.25, -0.2) is 0 Å². The van der Waals surface area contributed by atoms with Crippen LogP contribution in [0.2, 0.25) is 0 Å². The average molecular weight is 267 g/mol. The van der Waals surface area contributed by atoms with Gasteiger partial charge in [-0.05, 0) is 18.2 Å². The van der Waals surface area contributed by atoms with Gasteiger partial charge >= 0.3 is 0 Å². The van der Waals surface area contributed by atoms with Crippen molar-refractivity contribution in [3.8, 4) is 11.5 Å². The molecule has 0 aliphatic heterocycles. The Bertz CT molecular complexity index is 433. The fourth-order valence-electron chi connectivity index (χ4n) is 1.37. The van der Waals surface area contributed by atoms with Gasteiger partial charge in [-0.2, -0.15) is 0 Å². The lowest BCUT2D eigenvalue weighted by molar-refractivity contribution is -0.123. The first-order valence-electron chi connectivity index (χ1n) is 5.73. The van der Waals surface area contributed by atoms with Crippen molar-refractivity contribution in [3.63, 3.8) is 0 Å². The highest BCUT2D eigenvalue weighted by Gasteiger charge is 2.08. The van der Waals surface area contributed by atoms with E-state index < -0.39 is 0 Å². The maximum absolute atomic E-state index is 11.4. The number of hydrogen-bond donors (Lipinski definition) is 1. The Morgan fingerprint density at radius 2 is 2.11 bits per heavy atom. The predicted octanol–water partition coefficient (Wildman–Crippen LogP) is 0.649. The maximum Gasteiger partial charge on any atom is 0.258 e. The number of nitrogens with one attached hydrogen (secondary N) is 1. The van der Waals surface area contributed by atoms with Crippen LogP contribution in [-0.4, -0.2) is 46.2 Å². The molecule has 0 heterocycles. The van der Waals surface area contributed by atoms with E-state index in [0.29, 0.717) is 36.5 Å². The second-order valence-corrected chi connectivity index (χ2v) is 3.66. The fourth-order valence-corrected chi connectivity index (χ4v) is 1.37. The molecule has 0 spiro atoms. The molecule has 1 aromatic rings. The average Bonchev–Trinajstić information content (AvgIpc) is 2.45. The molecule has 104 valence electrons. The minimum atomic E-state index is -0.268. The van der Waals surface area contributed by atoms with Gasteiger partial charge in [0.15, 0.2) is 18.1 Å². The van der Waals surface area contributed by atoms with E-state index in [9.17, 15) is 9.59 Å². The molecule has 1 aromatic carbocycles. The van der Waals surface area contributed by atoms with E-state index in [2.05, 4.69) is 5.32 Å². The predicted molar refractivity (Wildman–Crippen MR) is 68.8 cm³/mol. The Balaban J connectivity index is 2.55.